The Morgan fingerprint density at radius 1 is 1.04 bits per heavy atom. The average Bonchev–Trinajstić information content (AvgIpc) is 2.99. The normalized spacial score (nSPS) is 27.9. The lowest BCUT2D eigenvalue weighted by Crippen LogP contribution is -2.45. The third-order valence-electron chi connectivity index (χ3n) is 5.07. The van der Waals surface area contributed by atoms with Crippen LogP contribution in [0.5, 0.6) is 0 Å². The minimum atomic E-state index is -3.08. The molecule has 1 fully saturated rings. The molecule has 23 heavy (non-hydrogen) atoms. The van der Waals surface area contributed by atoms with E-state index in [-0.39, 0.29) is 18.4 Å². The molecule has 0 amide bonds. The van der Waals surface area contributed by atoms with Crippen LogP contribution in [0.3, 0.4) is 0 Å². The van der Waals surface area contributed by atoms with Crippen molar-refractivity contribution in [3.63, 3.8) is 0 Å². The Morgan fingerprint density at radius 3 is 2.52 bits per heavy atom. The molecule has 1 heterocycles. The molecule has 2 nitrogen and oxygen atoms in total. The highest BCUT2D eigenvalue weighted by Gasteiger charge is 2.69. The van der Waals surface area contributed by atoms with Gasteiger partial charge in [0.2, 0.25) is 5.60 Å². The van der Waals surface area contributed by atoms with Gasteiger partial charge in [-0.3, -0.25) is 0 Å². The molecule has 118 valence electrons. The Morgan fingerprint density at radius 2 is 1.74 bits per heavy atom. The Bertz CT molecular complexity index is 757. The Balaban J connectivity index is 1.72. The molecule has 0 bridgehead atoms. The monoisotopic (exact) mass is 314 g/mol. The van der Waals surface area contributed by atoms with E-state index in [1.165, 1.54) is 0 Å². The average molecular weight is 314 g/mol. The van der Waals surface area contributed by atoms with Crippen molar-refractivity contribution in [2.45, 2.75) is 30.8 Å². The highest BCUT2D eigenvalue weighted by molar-refractivity contribution is 5.95. The lowest BCUT2D eigenvalue weighted by atomic mass is 9.85. The number of rotatable bonds is 2. The number of carbonyl (C=O) groups excluding carboxylic acids is 1. The maximum absolute atomic E-state index is 15.2. The third kappa shape index (κ3) is 1.94. The van der Waals surface area contributed by atoms with Gasteiger partial charge in [0.15, 0.2) is 0 Å². The Labute approximate surface area is 133 Å². The Hall–Kier alpha value is -2.23. The summed E-state index contributed by atoms with van der Waals surface area (Å²) in [6.45, 7) is 0. The molecule has 2 unspecified atom stereocenters. The summed E-state index contributed by atoms with van der Waals surface area (Å²) in [6.07, 6.45) is 0.791. The Kier molecular flexibility index (Phi) is 3.05. The van der Waals surface area contributed by atoms with Crippen molar-refractivity contribution in [2.24, 2.45) is 5.92 Å². The maximum Gasteiger partial charge on any atom is 0.339 e. The van der Waals surface area contributed by atoms with Crippen LogP contribution in [0.15, 0.2) is 54.6 Å². The standard InChI is InChI=1S/C19H16F2O2/c20-19(21)14(12-13-6-2-1-3-7-13)10-11-18(19)16-9-5-4-8-15(16)17(22)23-18/h1-9,14H,10-12H2. The number of fused-ring (bicyclic) bond motifs is 2. The summed E-state index contributed by atoms with van der Waals surface area (Å²) in [5, 5.41) is 0. The fraction of sp³-hybridized carbons (Fsp3) is 0.316. The van der Waals surface area contributed by atoms with Crippen LogP contribution >= 0.6 is 0 Å². The van der Waals surface area contributed by atoms with Gasteiger partial charge in [-0.15, -0.1) is 0 Å². The number of esters is 1. The molecule has 4 heteroatoms. The topological polar surface area (TPSA) is 26.3 Å². The van der Waals surface area contributed by atoms with E-state index < -0.39 is 23.4 Å². The van der Waals surface area contributed by atoms with Crippen LogP contribution in [-0.2, 0) is 16.8 Å². The van der Waals surface area contributed by atoms with Crippen LogP contribution in [0.1, 0.15) is 34.3 Å². The van der Waals surface area contributed by atoms with Gasteiger partial charge in [-0.25, -0.2) is 13.6 Å². The molecule has 2 aromatic carbocycles. The fourth-order valence-electron chi connectivity index (χ4n) is 3.90. The molecular formula is C19H16F2O2. The highest BCUT2D eigenvalue weighted by Crippen LogP contribution is 2.59. The fourth-order valence-corrected chi connectivity index (χ4v) is 3.90. The van der Waals surface area contributed by atoms with E-state index >= 15 is 8.78 Å². The van der Waals surface area contributed by atoms with Gasteiger partial charge in [-0.05, 0) is 30.9 Å². The lowest BCUT2D eigenvalue weighted by molar-refractivity contribution is -0.181. The highest BCUT2D eigenvalue weighted by atomic mass is 19.3. The summed E-state index contributed by atoms with van der Waals surface area (Å²) in [5.41, 5.74) is -0.301. The maximum atomic E-state index is 15.2. The van der Waals surface area contributed by atoms with Crippen LogP contribution in [0.25, 0.3) is 0 Å². The van der Waals surface area contributed by atoms with Crippen LogP contribution in [0, 0.1) is 5.92 Å². The van der Waals surface area contributed by atoms with Crippen LogP contribution in [-0.4, -0.2) is 11.9 Å². The van der Waals surface area contributed by atoms with Crippen molar-refractivity contribution in [3.8, 4) is 0 Å². The molecule has 0 radical (unpaired) electrons. The minimum Gasteiger partial charge on any atom is -0.444 e. The number of hydrogen-bond donors (Lipinski definition) is 0. The van der Waals surface area contributed by atoms with Gasteiger partial charge in [0.1, 0.15) is 0 Å². The number of halogens is 2. The SMILES string of the molecule is O=C1OC2(CCC(Cc3ccccc3)C2(F)F)c2ccccc21. The van der Waals surface area contributed by atoms with E-state index in [1.54, 1.807) is 24.3 Å². The van der Waals surface area contributed by atoms with E-state index in [9.17, 15) is 4.79 Å². The van der Waals surface area contributed by atoms with Crippen molar-refractivity contribution in [2.75, 3.05) is 0 Å². The zero-order valence-electron chi connectivity index (χ0n) is 12.5. The summed E-state index contributed by atoms with van der Waals surface area (Å²) in [7, 11) is 0. The molecule has 1 saturated carbocycles. The van der Waals surface area contributed by atoms with Gasteiger partial charge in [-0.1, -0.05) is 48.5 Å². The second kappa shape index (κ2) is 4.88. The van der Waals surface area contributed by atoms with Gasteiger partial charge in [0.05, 0.1) is 5.56 Å². The summed E-state index contributed by atoms with van der Waals surface area (Å²) in [4.78, 5) is 12.0. The molecular weight excluding hydrogens is 298 g/mol. The van der Waals surface area contributed by atoms with Crippen LogP contribution in [0.2, 0.25) is 0 Å². The van der Waals surface area contributed by atoms with Crippen molar-refractivity contribution in [3.05, 3.63) is 71.3 Å². The van der Waals surface area contributed by atoms with Gasteiger partial charge in [0, 0.05) is 11.5 Å². The largest absolute Gasteiger partial charge is 0.444 e. The summed E-state index contributed by atoms with van der Waals surface area (Å²) >= 11 is 0. The summed E-state index contributed by atoms with van der Waals surface area (Å²) in [5.74, 6) is -4.55. The van der Waals surface area contributed by atoms with Crippen molar-refractivity contribution in [1.82, 2.24) is 0 Å². The first-order valence-corrected chi connectivity index (χ1v) is 7.79. The van der Waals surface area contributed by atoms with Gasteiger partial charge in [0.25, 0.3) is 5.92 Å². The van der Waals surface area contributed by atoms with E-state index in [0.29, 0.717) is 12.0 Å². The van der Waals surface area contributed by atoms with Gasteiger partial charge >= 0.3 is 5.97 Å². The predicted octanol–water partition coefficient (Wildman–Crippen LogP) is 4.34. The predicted molar refractivity (Wildman–Crippen MR) is 81.4 cm³/mol. The lowest BCUT2D eigenvalue weighted by Gasteiger charge is -2.33. The molecule has 1 spiro atoms. The number of benzene rings is 2. The quantitative estimate of drug-likeness (QED) is 0.771. The van der Waals surface area contributed by atoms with Crippen molar-refractivity contribution < 1.29 is 18.3 Å². The molecule has 4 rings (SSSR count). The van der Waals surface area contributed by atoms with Crippen LogP contribution in [0.4, 0.5) is 8.78 Å². The van der Waals surface area contributed by atoms with E-state index in [0.717, 1.165) is 5.56 Å². The molecule has 2 aliphatic rings. The molecule has 2 aromatic rings. The molecule has 1 aliphatic heterocycles. The second-order valence-electron chi connectivity index (χ2n) is 6.31. The zero-order chi connectivity index (χ0) is 16.1. The number of ether oxygens (including phenoxy) is 1. The summed E-state index contributed by atoms with van der Waals surface area (Å²) < 4.78 is 35.7. The van der Waals surface area contributed by atoms with Crippen LogP contribution < -0.4 is 0 Å². The number of alkyl halides is 2. The van der Waals surface area contributed by atoms with Crippen molar-refractivity contribution >= 4 is 5.97 Å². The molecule has 2 atom stereocenters. The van der Waals surface area contributed by atoms with E-state index in [2.05, 4.69) is 0 Å². The molecule has 1 aliphatic carbocycles. The smallest absolute Gasteiger partial charge is 0.339 e. The van der Waals surface area contributed by atoms with Gasteiger partial charge < -0.3 is 4.74 Å². The first-order valence-electron chi connectivity index (χ1n) is 7.79. The van der Waals surface area contributed by atoms with Gasteiger partial charge in [-0.2, -0.15) is 0 Å². The van der Waals surface area contributed by atoms with E-state index in [1.807, 2.05) is 30.3 Å². The zero-order valence-corrected chi connectivity index (χ0v) is 12.5. The first-order chi connectivity index (χ1) is 11.0. The summed E-state index contributed by atoms with van der Waals surface area (Å²) in [6, 6.07) is 15.8. The molecule has 0 aromatic heterocycles. The third-order valence-corrected chi connectivity index (χ3v) is 5.07. The second-order valence-corrected chi connectivity index (χ2v) is 6.31. The number of carbonyl (C=O) groups is 1. The molecule has 0 saturated heterocycles. The first kappa shape index (κ1) is 14.4. The number of hydrogen-bond acceptors (Lipinski definition) is 2. The van der Waals surface area contributed by atoms with E-state index in [4.69, 9.17) is 4.74 Å². The van der Waals surface area contributed by atoms with Crippen molar-refractivity contribution in [1.29, 1.82) is 0 Å². The minimum absolute atomic E-state index is 0.167. The molecule has 0 N–H and O–H groups in total.